The highest BCUT2D eigenvalue weighted by molar-refractivity contribution is 7.90. The Bertz CT molecular complexity index is 706. The van der Waals surface area contributed by atoms with Gasteiger partial charge in [-0.15, -0.1) is 0 Å². The lowest BCUT2D eigenvalue weighted by Crippen LogP contribution is -2.46. The number of amides is 1. The molecule has 1 aliphatic rings. The van der Waals surface area contributed by atoms with Gasteiger partial charge < -0.3 is 0 Å². The number of ketones is 2. The van der Waals surface area contributed by atoms with Crippen molar-refractivity contribution in [3.8, 4) is 0 Å². The van der Waals surface area contributed by atoms with Gasteiger partial charge in [0.05, 0.1) is 4.90 Å². The molecule has 0 heterocycles. The van der Waals surface area contributed by atoms with E-state index in [1.54, 1.807) is 6.07 Å². The van der Waals surface area contributed by atoms with E-state index in [0.717, 1.165) is 0 Å². The van der Waals surface area contributed by atoms with Crippen molar-refractivity contribution in [2.75, 3.05) is 0 Å². The van der Waals surface area contributed by atoms with E-state index < -0.39 is 33.4 Å². The predicted octanol–water partition coefficient (Wildman–Crippen LogP) is 1.31. The van der Waals surface area contributed by atoms with Crippen LogP contribution in [0.3, 0.4) is 0 Å². The van der Waals surface area contributed by atoms with Gasteiger partial charge in [-0.25, -0.2) is 13.1 Å². The highest BCUT2D eigenvalue weighted by Crippen LogP contribution is 2.29. The van der Waals surface area contributed by atoms with E-state index in [-0.39, 0.29) is 29.6 Å². The van der Waals surface area contributed by atoms with Crippen molar-refractivity contribution in [1.82, 2.24) is 4.72 Å². The van der Waals surface area contributed by atoms with Crippen LogP contribution >= 0.6 is 0 Å². The molecular weight excluding hydrogens is 318 g/mol. The van der Waals surface area contributed by atoms with Crippen molar-refractivity contribution in [1.29, 1.82) is 0 Å². The van der Waals surface area contributed by atoms with Crippen LogP contribution in [0.4, 0.5) is 0 Å². The predicted molar refractivity (Wildman–Crippen MR) is 82.8 cm³/mol. The number of benzene rings is 1. The number of sulfonamides is 1. The molecule has 0 unspecified atom stereocenters. The number of hydrogen-bond donors (Lipinski definition) is 1. The highest BCUT2D eigenvalue weighted by Gasteiger charge is 2.42. The van der Waals surface area contributed by atoms with Gasteiger partial charge >= 0.3 is 0 Å². The summed E-state index contributed by atoms with van der Waals surface area (Å²) in [5.74, 6) is -3.55. The zero-order chi connectivity index (χ0) is 17.2. The number of hydrogen-bond acceptors (Lipinski definition) is 5. The number of nitrogens with one attached hydrogen (secondary N) is 1. The largest absolute Gasteiger partial charge is 0.298 e. The molecule has 1 amide bonds. The second-order valence-electron chi connectivity index (χ2n) is 6.06. The van der Waals surface area contributed by atoms with Crippen LogP contribution in [0, 0.1) is 17.8 Å². The molecule has 124 valence electrons. The lowest BCUT2D eigenvalue weighted by atomic mass is 9.75. The van der Waals surface area contributed by atoms with Gasteiger partial charge in [0.15, 0.2) is 17.5 Å². The molecule has 6 nitrogen and oxygen atoms in total. The van der Waals surface area contributed by atoms with Crippen LogP contribution in [0.2, 0.25) is 0 Å². The maximum atomic E-state index is 12.2. The first-order valence-electron chi connectivity index (χ1n) is 7.39. The quantitative estimate of drug-likeness (QED) is 0.836. The highest BCUT2D eigenvalue weighted by atomic mass is 32.2. The summed E-state index contributed by atoms with van der Waals surface area (Å²) in [6.45, 7) is 3.82. The molecule has 0 aliphatic heterocycles. The van der Waals surface area contributed by atoms with E-state index in [0.29, 0.717) is 0 Å². The monoisotopic (exact) mass is 337 g/mol. The Morgan fingerprint density at radius 3 is 2.09 bits per heavy atom. The summed E-state index contributed by atoms with van der Waals surface area (Å²) in [6, 6.07) is 7.33. The first-order valence-corrected chi connectivity index (χ1v) is 8.88. The maximum absolute atomic E-state index is 12.2. The maximum Gasteiger partial charge on any atom is 0.264 e. The van der Waals surface area contributed by atoms with E-state index >= 15 is 0 Å². The number of carbonyl (C=O) groups excluding carboxylic acids is 3. The fourth-order valence-electron chi connectivity index (χ4n) is 2.62. The van der Waals surface area contributed by atoms with Crippen LogP contribution in [-0.2, 0) is 24.4 Å². The smallest absolute Gasteiger partial charge is 0.264 e. The lowest BCUT2D eigenvalue weighted by Gasteiger charge is -2.27. The summed E-state index contributed by atoms with van der Waals surface area (Å²) in [4.78, 5) is 36.3. The van der Waals surface area contributed by atoms with E-state index in [9.17, 15) is 22.8 Å². The fraction of sp³-hybridized carbons (Fsp3) is 0.438. The average molecular weight is 337 g/mol. The zero-order valence-electron chi connectivity index (χ0n) is 13.0. The van der Waals surface area contributed by atoms with E-state index in [1.165, 1.54) is 24.3 Å². The number of Topliss-reactive ketones (excluding diaryl/α,β-unsaturated/α-hetero) is 2. The van der Waals surface area contributed by atoms with Gasteiger partial charge in [-0.3, -0.25) is 14.4 Å². The minimum Gasteiger partial charge on any atom is -0.298 e. The molecule has 1 N–H and O–H groups in total. The van der Waals surface area contributed by atoms with Crippen LogP contribution in [0.5, 0.6) is 0 Å². The van der Waals surface area contributed by atoms with Crippen molar-refractivity contribution in [3.05, 3.63) is 30.3 Å². The van der Waals surface area contributed by atoms with Gasteiger partial charge in [0.1, 0.15) is 0 Å². The fourth-order valence-corrected chi connectivity index (χ4v) is 3.63. The molecule has 1 saturated carbocycles. The van der Waals surface area contributed by atoms with Gasteiger partial charge in [-0.2, -0.15) is 0 Å². The molecule has 0 spiro atoms. The van der Waals surface area contributed by atoms with Crippen LogP contribution in [-0.4, -0.2) is 25.9 Å². The summed E-state index contributed by atoms with van der Waals surface area (Å²) in [5.41, 5.74) is 0. The Morgan fingerprint density at radius 1 is 1.09 bits per heavy atom. The van der Waals surface area contributed by atoms with Gasteiger partial charge in [0.2, 0.25) is 0 Å². The summed E-state index contributed by atoms with van der Waals surface area (Å²) < 4.78 is 26.1. The van der Waals surface area contributed by atoms with Crippen LogP contribution in [0.15, 0.2) is 35.2 Å². The van der Waals surface area contributed by atoms with Crippen LogP contribution < -0.4 is 4.72 Å². The summed E-state index contributed by atoms with van der Waals surface area (Å²) in [7, 11) is -4.09. The first kappa shape index (κ1) is 17.3. The summed E-state index contributed by atoms with van der Waals surface area (Å²) in [6.07, 6.45) is 0.236. The summed E-state index contributed by atoms with van der Waals surface area (Å²) in [5, 5.41) is 0. The standard InChI is InChI=1S/C16H19NO5S/c1-10(2)11-8-13(18)15(14(19)9-11)16(20)17-23(21,22)12-6-4-3-5-7-12/h3-7,10-11,15H,8-9H2,1-2H3,(H,17,20). The van der Waals surface area contributed by atoms with Crippen LogP contribution in [0.25, 0.3) is 0 Å². The van der Waals surface area contributed by atoms with Crippen molar-refractivity contribution in [2.45, 2.75) is 31.6 Å². The van der Waals surface area contributed by atoms with Crippen molar-refractivity contribution < 1.29 is 22.8 Å². The first-order chi connectivity index (χ1) is 10.7. The Hall–Kier alpha value is -2.02. The van der Waals surface area contributed by atoms with Crippen molar-refractivity contribution in [2.24, 2.45) is 17.8 Å². The molecule has 0 aromatic heterocycles. The molecule has 0 saturated heterocycles. The van der Waals surface area contributed by atoms with E-state index in [1.807, 2.05) is 18.6 Å². The SMILES string of the molecule is CC(C)C1CC(=O)C(C(=O)NS(=O)(=O)c2ccccc2)C(=O)C1. The molecular formula is C16H19NO5S. The van der Waals surface area contributed by atoms with Crippen molar-refractivity contribution in [3.63, 3.8) is 0 Å². The van der Waals surface area contributed by atoms with Gasteiger partial charge in [-0.05, 0) is 24.0 Å². The summed E-state index contributed by atoms with van der Waals surface area (Å²) >= 11 is 0. The molecule has 1 aliphatic carbocycles. The van der Waals surface area contributed by atoms with Gasteiger partial charge in [0, 0.05) is 12.8 Å². The van der Waals surface area contributed by atoms with Gasteiger partial charge in [0.25, 0.3) is 15.9 Å². The molecule has 0 bridgehead atoms. The molecule has 7 heteroatoms. The van der Waals surface area contributed by atoms with Crippen molar-refractivity contribution >= 4 is 27.5 Å². The second kappa shape index (κ2) is 6.62. The minimum absolute atomic E-state index is 0.0928. The number of carbonyl (C=O) groups is 3. The molecule has 1 aromatic rings. The lowest BCUT2D eigenvalue weighted by molar-refractivity contribution is -0.144. The zero-order valence-corrected chi connectivity index (χ0v) is 13.8. The Kier molecular flexibility index (Phi) is 4.99. The minimum atomic E-state index is -4.09. The number of rotatable bonds is 4. The van der Waals surface area contributed by atoms with Gasteiger partial charge in [-0.1, -0.05) is 32.0 Å². The van der Waals surface area contributed by atoms with E-state index in [4.69, 9.17) is 0 Å². The molecule has 0 radical (unpaired) electrons. The Balaban J connectivity index is 2.15. The van der Waals surface area contributed by atoms with E-state index in [2.05, 4.69) is 0 Å². The Labute approximate surface area is 135 Å². The third-order valence-electron chi connectivity index (χ3n) is 4.06. The normalized spacial score (nSPS) is 22.2. The third kappa shape index (κ3) is 3.85. The second-order valence-corrected chi connectivity index (χ2v) is 7.74. The molecule has 2 rings (SSSR count). The average Bonchev–Trinajstić information content (AvgIpc) is 2.46. The molecule has 23 heavy (non-hydrogen) atoms. The van der Waals surface area contributed by atoms with Crippen LogP contribution in [0.1, 0.15) is 26.7 Å². The molecule has 1 aromatic carbocycles. The Morgan fingerprint density at radius 2 is 1.61 bits per heavy atom. The molecule has 0 atom stereocenters. The molecule has 1 fully saturated rings. The third-order valence-corrected chi connectivity index (χ3v) is 5.43. The topological polar surface area (TPSA) is 97.4 Å².